The Morgan fingerprint density at radius 1 is 1.32 bits per heavy atom. The van der Waals surface area contributed by atoms with Gasteiger partial charge in [-0.2, -0.15) is 0 Å². The lowest BCUT2D eigenvalue weighted by atomic mass is 9.99. The number of benzene rings is 1. The van der Waals surface area contributed by atoms with Crippen molar-refractivity contribution >= 4 is 11.9 Å². The maximum absolute atomic E-state index is 14.4. The number of nitrogens with one attached hydrogen (secondary N) is 1. The number of hydrogen-bond donors (Lipinski definition) is 2. The summed E-state index contributed by atoms with van der Waals surface area (Å²) in [6.07, 6.45) is 1.01. The highest BCUT2D eigenvalue weighted by atomic mass is 19.1. The first-order valence-electron chi connectivity index (χ1n) is 11.5. The van der Waals surface area contributed by atoms with Crippen molar-refractivity contribution in [1.82, 2.24) is 20.1 Å². The van der Waals surface area contributed by atoms with Gasteiger partial charge in [0.25, 0.3) is 5.91 Å². The van der Waals surface area contributed by atoms with E-state index in [1.54, 1.807) is 43.1 Å². The number of ether oxygens (including phenoxy) is 1. The molecule has 2 aromatic rings. The van der Waals surface area contributed by atoms with E-state index < -0.39 is 18.0 Å². The van der Waals surface area contributed by atoms with Crippen LogP contribution >= 0.6 is 0 Å². The molecule has 184 valence electrons. The first-order chi connectivity index (χ1) is 16.1. The summed E-state index contributed by atoms with van der Waals surface area (Å²) in [7, 11) is 1.68. The molecule has 34 heavy (non-hydrogen) atoms. The number of aromatic nitrogens is 1. The maximum atomic E-state index is 14.4. The summed E-state index contributed by atoms with van der Waals surface area (Å²) < 4.78 is 20.6. The molecule has 3 atom stereocenters. The van der Waals surface area contributed by atoms with Crippen molar-refractivity contribution in [2.75, 3.05) is 26.7 Å². The quantitative estimate of drug-likeness (QED) is 0.674. The number of nitrogens with zero attached hydrogens (tertiary/aromatic N) is 3. The minimum Gasteiger partial charge on any atom is -0.472 e. The molecule has 2 N–H and O–H groups in total. The number of likely N-dealkylation sites (N-methyl/N-ethyl adjacent to an activating group) is 1. The predicted molar refractivity (Wildman–Crippen MR) is 127 cm³/mol. The number of carbonyl (C=O) groups is 2. The highest BCUT2D eigenvalue weighted by Crippen LogP contribution is 2.31. The molecule has 0 saturated carbocycles. The molecule has 1 aliphatic heterocycles. The molecule has 0 radical (unpaired) electrons. The van der Waals surface area contributed by atoms with E-state index >= 15 is 0 Å². The Kier molecular flexibility index (Phi) is 8.09. The zero-order valence-corrected chi connectivity index (χ0v) is 20.3. The third kappa shape index (κ3) is 5.64. The molecule has 0 unspecified atom stereocenters. The van der Waals surface area contributed by atoms with Crippen LogP contribution in [-0.4, -0.2) is 76.8 Å². The molecule has 0 fully saturated rings. The van der Waals surface area contributed by atoms with Crippen molar-refractivity contribution in [1.29, 1.82) is 0 Å². The number of urea groups is 1. The van der Waals surface area contributed by atoms with Crippen LogP contribution in [0, 0.1) is 11.7 Å². The first kappa shape index (κ1) is 25.4. The molecule has 2 heterocycles. The Labute approximate surface area is 199 Å². The largest absolute Gasteiger partial charge is 0.472 e. The maximum Gasteiger partial charge on any atom is 0.317 e. The molecule has 1 aliphatic rings. The van der Waals surface area contributed by atoms with Gasteiger partial charge in [-0.05, 0) is 32.9 Å². The fraction of sp³-hybridized carbons (Fsp3) is 0.480. The van der Waals surface area contributed by atoms with Gasteiger partial charge in [-0.3, -0.25) is 4.79 Å². The lowest BCUT2D eigenvalue weighted by molar-refractivity contribution is 0.0352. The molecule has 1 aromatic heterocycles. The smallest absolute Gasteiger partial charge is 0.317 e. The zero-order valence-electron chi connectivity index (χ0n) is 20.3. The Bertz CT molecular complexity index is 1030. The SMILES string of the molecule is CC(C)NC(=O)N(C)C[C@H]1Oc2ncc(-c3ccccc3F)cc2C(=O)N([C@H](C)CO)C[C@H]1C. The Morgan fingerprint density at radius 3 is 2.68 bits per heavy atom. The van der Waals surface area contributed by atoms with Crippen LogP contribution in [-0.2, 0) is 0 Å². The van der Waals surface area contributed by atoms with Crippen molar-refractivity contribution in [3.63, 3.8) is 0 Å². The second-order valence-corrected chi connectivity index (χ2v) is 9.16. The lowest BCUT2D eigenvalue weighted by Crippen LogP contribution is -2.51. The van der Waals surface area contributed by atoms with Gasteiger partial charge in [-0.15, -0.1) is 0 Å². The van der Waals surface area contributed by atoms with Gasteiger partial charge in [0, 0.05) is 42.9 Å². The molecule has 1 aromatic carbocycles. The molecule has 0 saturated heterocycles. The predicted octanol–water partition coefficient (Wildman–Crippen LogP) is 3.16. The molecule has 3 amide bonds. The Balaban J connectivity index is 2.00. The van der Waals surface area contributed by atoms with E-state index in [1.165, 1.54) is 17.2 Å². The van der Waals surface area contributed by atoms with Crippen LogP contribution in [0.3, 0.4) is 0 Å². The third-order valence-electron chi connectivity index (χ3n) is 5.92. The monoisotopic (exact) mass is 472 g/mol. The first-order valence-corrected chi connectivity index (χ1v) is 11.5. The molecule has 0 bridgehead atoms. The second-order valence-electron chi connectivity index (χ2n) is 9.16. The number of hydrogen-bond acceptors (Lipinski definition) is 5. The summed E-state index contributed by atoms with van der Waals surface area (Å²) in [6.45, 7) is 7.83. The van der Waals surface area contributed by atoms with E-state index in [1.807, 2.05) is 20.8 Å². The van der Waals surface area contributed by atoms with Gasteiger partial charge in [-0.25, -0.2) is 14.2 Å². The fourth-order valence-electron chi connectivity index (χ4n) is 3.87. The summed E-state index contributed by atoms with van der Waals surface area (Å²) in [5.74, 6) is -0.810. The molecule has 9 heteroatoms. The number of carbonyl (C=O) groups excluding carboxylic acids is 2. The highest BCUT2D eigenvalue weighted by Gasteiger charge is 2.35. The zero-order chi connectivity index (χ0) is 25.0. The van der Waals surface area contributed by atoms with Crippen LogP contribution in [0.4, 0.5) is 9.18 Å². The van der Waals surface area contributed by atoms with E-state index in [0.29, 0.717) is 17.7 Å². The average Bonchev–Trinajstić information content (AvgIpc) is 2.80. The van der Waals surface area contributed by atoms with Crippen LogP contribution in [0.1, 0.15) is 38.1 Å². The number of aliphatic hydroxyl groups excluding tert-OH is 1. The fourth-order valence-corrected chi connectivity index (χ4v) is 3.87. The van der Waals surface area contributed by atoms with Gasteiger partial charge < -0.3 is 25.0 Å². The number of halogens is 1. The minimum absolute atomic E-state index is 0.0108. The molecule has 0 aliphatic carbocycles. The summed E-state index contributed by atoms with van der Waals surface area (Å²) >= 11 is 0. The standard InChI is InChI=1S/C25H33FN4O4/c1-15(2)28-25(33)29(5)13-22-16(3)12-30(17(4)14-31)24(32)20-10-18(11-27-23(20)34-22)19-8-6-7-9-21(19)26/h6-11,15-17,22,31H,12-14H2,1-5H3,(H,28,33)/t16-,17-,22-/m1/s1. The molecular weight excluding hydrogens is 439 g/mol. The van der Waals surface area contributed by atoms with E-state index in [0.717, 1.165) is 0 Å². The molecule has 3 rings (SSSR count). The van der Waals surface area contributed by atoms with E-state index in [9.17, 15) is 19.1 Å². The average molecular weight is 473 g/mol. The number of amides is 3. The van der Waals surface area contributed by atoms with Crippen molar-refractivity contribution in [3.8, 4) is 17.0 Å². The van der Waals surface area contributed by atoms with Gasteiger partial charge in [0.1, 0.15) is 17.5 Å². The molecular formula is C25H33FN4O4. The summed E-state index contributed by atoms with van der Waals surface area (Å²) in [4.78, 5) is 33.4. The summed E-state index contributed by atoms with van der Waals surface area (Å²) in [5.41, 5.74) is 0.959. The normalized spacial score (nSPS) is 19.1. The van der Waals surface area contributed by atoms with Crippen molar-refractivity contribution in [3.05, 3.63) is 47.9 Å². The van der Waals surface area contributed by atoms with Gasteiger partial charge >= 0.3 is 6.03 Å². The topological polar surface area (TPSA) is 95.0 Å². The van der Waals surface area contributed by atoms with Crippen molar-refractivity contribution in [2.24, 2.45) is 5.92 Å². The number of aliphatic hydroxyl groups is 1. The third-order valence-corrected chi connectivity index (χ3v) is 5.92. The Morgan fingerprint density at radius 2 is 2.03 bits per heavy atom. The van der Waals surface area contributed by atoms with Crippen LogP contribution in [0.5, 0.6) is 5.88 Å². The van der Waals surface area contributed by atoms with E-state index in [-0.39, 0.29) is 48.5 Å². The van der Waals surface area contributed by atoms with Gasteiger partial charge in [0.05, 0.1) is 19.2 Å². The summed E-state index contributed by atoms with van der Waals surface area (Å²) in [6, 6.07) is 7.16. The second kappa shape index (κ2) is 10.8. The number of fused-ring (bicyclic) bond motifs is 1. The summed E-state index contributed by atoms with van der Waals surface area (Å²) in [5, 5.41) is 12.6. The minimum atomic E-state index is -0.463. The molecule has 8 nitrogen and oxygen atoms in total. The van der Waals surface area contributed by atoms with Gasteiger partial charge in [0.2, 0.25) is 5.88 Å². The molecule has 0 spiro atoms. The van der Waals surface area contributed by atoms with Crippen LogP contribution < -0.4 is 10.1 Å². The number of rotatable bonds is 6. The van der Waals surface area contributed by atoms with E-state index in [2.05, 4.69) is 10.3 Å². The lowest BCUT2D eigenvalue weighted by Gasteiger charge is -2.37. The van der Waals surface area contributed by atoms with Crippen LogP contribution in [0.25, 0.3) is 11.1 Å². The van der Waals surface area contributed by atoms with Crippen molar-refractivity contribution in [2.45, 2.75) is 45.9 Å². The van der Waals surface area contributed by atoms with Crippen LogP contribution in [0.2, 0.25) is 0 Å². The Hall–Kier alpha value is -3.20. The van der Waals surface area contributed by atoms with E-state index in [4.69, 9.17) is 4.74 Å². The van der Waals surface area contributed by atoms with Crippen molar-refractivity contribution < 1.29 is 23.8 Å². The van der Waals surface area contributed by atoms with Crippen LogP contribution in [0.15, 0.2) is 36.5 Å². The highest BCUT2D eigenvalue weighted by molar-refractivity contribution is 5.98. The van der Waals surface area contributed by atoms with Gasteiger partial charge in [0.15, 0.2) is 0 Å². The van der Waals surface area contributed by atoms with Gasteiger partial charge in [-0.1, -0.05) is 25.1 Å². The number of pyridine rings is 1.